The normalized spacial score (nSPS) is 15.1. The number of carboxylic acid groups (broad SMARTS) is 2. The highest BCUT2D eigenvalue weighted by atomic mass is 16.7. The Morgan fingerprint density at radius 2 is 1.36 bits per heavy atom. The van der Waals surface area contributed by atoms with E-state index in [1.54, 1.807) is 0 Å². The summed E-state index contributed by atoms with van der Waals surface area (Å²) in [6.07, 6.45) is 8.82. The maximum Gasteiger partial charge on any atom is 0.513 e. The molecule has 0 aromatic rings. The third kappa shape index (κ3) is 14.0. The van der Waals surface area contributed by atoms with E-state index in [-0.39, 0.29) is 6.42 Å². The number of carbonyl (C=O) groups is 3. The van der Waals surface area contributed by atoms with Crippen LogP contribution in [0.4, 0.5) is 9.59 Å². The number of hydrogen-bond acceptors (Lipinski definition) is 6. The van der Waals surface area contributed by atoms with E-state index in [1.165, 1.54) is 38.5 Å². The van der Waals surface area contributed by atoms with Gasteiger partial charge in [0.25, 0.3) is 0 Å². The lowest BCUT2D eigenvalue weighted by molar-refractivity contribution is -0.138. The monoisotopic (exact) mass is 315 g/mol. The minimum atomic E-state index is -1.75. The zero-order valence-electron chi connectivity index (χ0n) is 12.2. The molecule has 0 aromatic heterocycles. The highest BCUT2D eigenvalue weighted by molar-refractivity contribution is 5.87. The summed E-state index contributed by atoms with van der Waals surface area (Å²) >= 11 is 0. The molecule has 0 unspecified atom stereocenters. The standard InChI is InChI=1S/C8H14.C6H7NO7/c1-2-4-6-8-7-5-3-1;7-3(13-5(9)10)1-2-4(8)14-6(11)12/h1-2H,3-8H2;7H,1-2H2,(H,9,10)(H,11,12)/b2-1+;. The van der Waals surface area contributed by atoms with Gasteiger partial charge in [-0.1, -0.05) is 25.0 Å². The van der Waals surface area contributed by atoms with E-state index in [9.17, 15) is 14.4 Å². The molecule has 1 aliphatic rings. The van der Waals surface area contributed by atoms with E-state index >= 15 is 0 Å². The van der Waals surface area contributed by atoms with Crippen molar-refractivity contribution < 1.29 is 34.1 Å². The second-order valence-electron chi connectivity index (χ2n) is 4.49. The largest absolute Gasteiger partial charge is 0.513 e. The zero-order valence-corrected chi connectivity index (χ0v) is 12.2. The molecule has 0 aliphatic heterocycles. The Bertz CT molecular complexity index is 379. The molecule has 0 heterocycles. The maximum absolute atomic E-state index is 10.5. The van der Waals surface area contributed by atoms with E-state index in [0.29, 0.717) is 0 Å². The quantitative estimate of drug-likeness (QED) is 0.238. The summed E-state index contributed by atoms with van der Waals surface area (Å²) in [6, 6.07) is 0. The van der Waals surface area contributed by atoms with Gasteiger partial charge in [0, 0.05) is 6.42 Å². The Morgan fingerprint density at radius 1 is 0.864 bits per heavy atom. The highest BCUT2D eigenvalue weighted by Crippen LogP contribution is 2.09. The minimum absolute atomic E-state index is 0.335. The Labute approximate surface area is 128 Å². The molecule has 0 radical (unpaired) electrons. The summed E-state index contributed by atoms with van der Waals surface area (Å²) in [6.45, 7) is 0. The van der Waals surface area contributed by atoms with Crippen molar-refractivity contribution in [3.05, 3.63) is 12.2 Å². The van der Waals surface area contributed by atoms with E-state index in [4.69, 9.17) is 15.6 Å². The van der Waals surface area contributed by atoms with Crippen LogP contribution in [-0.2, 0) is 14.3 Å². The third-order valence-electron chi connectivity index (χ3n) is 2.63. The number of allylic oxidation sites excluding steroid dienone is 2. The van der Waals surface area contributed by atoms with Crippen LogP contribution >= 0.6 is 0 Å². The molecule has 0 fully saturated rings. The van der Waals surface area contributed by atoms with Gasteiger partial charge in [-0.05, 0) is 25.7 Å². The summed E-state index contributed by atoms with van der Waals surface area (Å²) in [5, 5.41) is 22.8. The number of hydrogen-bond donors (Lipinski definition) is 3. The number of nitrogens with one attached hydrogen (secondary N) is 1. The fraction of sp³-hybridized carbons (Fsp3) is 0.571. The lowest BCUT2D eigenvalue weighted by Gasteiger charge is -2.00. The van der Waals surface area contributed by atoms with E-state index in [0.717, 1.165) is 0 Å². The Kier molecular flexibility index (Phi) is 11.0. The van der Waals surface area contributed by atoms with Gasteiger partial charge in [-0.2, -0.15) is 0 Å². The topological polar surface area (TPSA) is 134 Å². The first-order chi connectivity index (χ1) is 10.4. The molecule has 22 heavy (non-hydrogen) atoms. The molecular weight excluding hydrogens is 294 g/mol. The van der Waals surface area contributed by atoms with Crippen LogP contribution < -0.4 is 0 Å². The van der Waals surface area contributed by atoms with Crippen LogP contribution in [0.25, 0.3) is 0 Å². The van der Waals surface area contributed by atoms with Gasteiger partial charge in [-0.25, -0.2) is 9.59 Å². The fourth-order valence-electron chi connectivity index (χ4n) is 1.63. The lowest BCUT2D eigenvalue weighted by Crippen LogP contribution is -2.14. The van der Waals surface area contributed by atoms with Crippen LogP contribution in [-0.4, -0.2) is 34.4 Å². The van der Waals surface area contributed by atoms with Crippen molar-refractivity contribution >= 4 is 24.2 Å². The summed E-state index contributed by atoms with van der Waals surface area (Å²) in [4.78, 5) is 30.2. The second-order valence-corrected chi connectivity index (χ2v) is 4.49. The number of carbonyl (C=O) groups excluding carboxylic acids is 1. The van der Waals surface area contributed by atoms with Crippen molar-refractivity contribution in [1.82, 2.24) is 0 Å². The van der Waals surface area contributed by atoms with Crippen LogP contribution in [0.1, 0.15) is 51.4 Å². The number of esters is 1. The van der Waals surface area contributed by atoms with E-state index < -0.39 is 30.6 Å². The SMILES string of the molecule is C1=C/CCCCCC/1.N=C(CCC(=O)OC(=O)O)OC(=O)O. The van der Waals surface area contributed by atoms with Crippen LogP contribution in [0, 0.1) is 5.41 Å². The predicted molar refractivity (Wildman–Crippen MR) is 77.0 cm³/mol. The Morgan fingerprint density at radius 3 is 1.82 bits per heavy atom. The van der Waals surface area contributed by atoms with Crippen LogP contribution in [0.5, 0.6) is 0 Å². The smallest absolute Gasteiger partial charge is 0.449 e. The highest BCUT2D eigenvalue weighted by Gasteiger charge is 2.11. The Balaban J connectivity index is 0.000000461. The van der Waals surface area contributed by atoms with Gasteiger partial charge in [0.05, 0.1) is 6.42 Å². The second kappa shape index (κ2) is 12.4. The summed E-state index contributed by atoms with van der Waals surface area (Å²) in [7, 11) is 0. The van der Waals surface area contributed by atoms with Gasteiger partial charge >= 0.3 is 18.3 Å². The summed E-state index contributed by atoms with van der Waals surface area (Å²) in [5.74, 6) is -1.73. The molecule has 0 aromatic carbocycles. The first-order valence-electron chi connectivity index (χ1n) is 6.98. The first kappa shape index (κ1) is 19.6. The predicted octanol–water partition coefficient (Wildman–Crippen LogP) is 3.56. The van der Waals surface area contributed by atoms with Crippen molar-refractivity contribution in [2.75, 3.05) is 0 Å². The summed E-state index contributed by atoms with van der Waals surface area (Å²) < 4.78 is 7.53. The van der Waals surface area contributed by atoms with Crippen LogP contribution in [0.2, 0.25) is 0 Å². The minimum Gasteiger partial charge on any atom is -0.449 e. The molecule has 0 amide bonds. The average Bonchev–Trinajstić information content (AvgIpc) is 2.34. The average molecular weight is 315 g/mol. The molecule has 0 saturated carbocycles. The van der Waals surface area contributed by atoms with Crippen LogP contribution in [0.15, 0.2) is 12.2 Å². The van der Waals surface area contributed by atoms with Gasteiger partial charge < -0.3 is 19.7 Å². The number of ether oxygens (including phenoxy) is 2. The van der Waals surface area contributed by atoms with E-state index in [2.05, 4.69) is 21.6 Å². The third-order valence-corrected chi connectivity index (χ3v) is 2.63. The van der Waals surface area contributed by atoms with Gasteiger partial charge in [-0.3, -0.25) is 10.2 Å². The van der Waals surface area contributed by atoms with Gasteiger partial charge in [-0.15, -0.1) is 0 Å². The fourth-order valence-corrected chi connectivity index (χ4v) is 1.63. The van der Waals surface area contributed by atoms with Gasteiger partial charge in [0.2, 0.25) is 0 Å². The molecule has 124 valence electrons. The molecule has 0 spiro atoms. The molecule has 1 aliphatic carbocycles. The van der Waals surface area contributed by atoms with Crippen molar-refractivity contribution in [3.63, 3.8) is 0 Å². The van der Waals surface area contributed by atoms with Crippen molar-refractivity contribution in [2.45, 2.75) is 51.4 Å². The van der Waals surface area contributed by atoms with Gasteiger partial charge in [0.1, 0.15) is 0 Å². The first-order valence-corrected chi connectivity index (χ1v) is 6.98. The van der Waals surface area contributed by atoms with Gasteiger partial charge in [0.15, 0.2) is 5.90 Å². The van der Waals surface area contributed by atoms with Crippen molar-refractivity contribution in [3.8, 4) is 0 Å². The molecule has 3 N–H and O–H groups in total. The summed E-state index contributed by atoms with van der Waals surface area (Å²) in [5.41, 5.74) is 0. The molecule has 0 atom stereocenters. The molecule has 8 nitrogen and oxygen atoms in total. The number of rotatable bonds is 3. The molecular formula is C14H21NO7. The molecule has 1 rings (SSSR count). The molecule has 8 heteroatoms. The zero-order chi connectivity index (χ0) is 16.8. The molecule has 0 saturated heterocycles. The van der Waals surface area contributed by atoms with Crippen LogP contribution in [0.3, 0.4) is 0 Å². The van der Waals surface area contributed by atoms with E-state index in [1.807, 2.05) is 0 Å². The maximum atomic E-state index is 10.5. The lowest BCUT2D eigenvalue weighted by atomic mass is 10.1. The molecule has 0 bridgehead atoms. The van der Waals surface area contributed by atoms with Crippen molar-refractivity contribution in [1.29, 1.82) is 5.41 Å². The van der Waals surface area contributed by atoms with Crippen molar-refractivity contribution in [2.24, 2.45) is 0 Å². The Hall–Kier alpha value is -2.38.